The van der Waals surface area contributed by atoms with Gasteiger partial charge in [0.05, 0.1) is 37.6 Å². The zero-order chi connectivity index (χ0) is 20.9. The summed E-state index contributed by atoms with van der Waals surface area (Å²) in [6.07, 6.45) is 0. The summed E-state index contributed by atoms with van der Waals surface area (Å²) < 4.78 is 6.62. The number of aliphatic hydroxyl groups is 1. The zero-order valence-corrected chi connectivity index (χ0v) is 19.3. The molecule has 0 atom stereocenters. The topological polar surface area (TPSA) is 69.6 Å². The Morgan fingerprint density at radius 2 is 1.41 bits per heavy atom. The highest BCUT2D eigenvalue weighted by Gasteiger charge is 2.28. The number of likely N-dealkylation sites (N-methyl/N-ethyl adjacent to an activating group) is 1. The van der Waals surface area contributed by atoms with Crippen molar-refractivity contribution >= 4 is 5.97 Å². The molecule has 0 bridgehead atoms. The molecule has 2 aromatic rings. The summed E-state index contributed by atoms with van der Waals surface area (Å²) in [5.41, 5.74) is 1.29. The number of halogens is 1. The van der Waals surface area contributed by atoms with E-state index in [9.17, 15) is 9.90 Å². The lowest BCUT2D eigenvalue weighted by molar-refractivity contribution is -0.949. The van der Waals surface area contributed by atoms with E-state index in [1.54, 1.807) is 36.4 Å². The van der Waals surface area contributed by atoms with Gasteiger partial charge in [-0.1, -0.05) is 36.4 Å². The van der Waals surface area contributed by atoms with Crippen LogP contribution in [0.5, 0.6) is 11.5 Å². The van der Waals surface area contributed by atoms with Crippen molar-refractivity contribution in [1.29, 1.82) is 0 Å². The second kappa shape index (κ2) is 10.8. The molecular weight excluding hydrogens is 434 g/mol. The molecule has 1 heterocycles. The second-order valence-corrected chi connectivity index (χ2v) is 7.91. The van der Waals surface area contributed by atoms with Crippen LogP contribution in [-0.4, -0.2) is 47.8 Å². The van der Waals surface area contributed by atoms with E-state index in [4.69, 9.17) is 9.84 Å². The molecule has 0 saturated heterocycles. The van der Waals surface area contributed by atoms with Crippen molar-refractivity contribution in [2.75, 3.05) is 20.2 Å². The van der Waals surface area contributed by atoms with Gasteiger partial charge in [0.2, 0.25) is 0 Å². The van der Waals surface area contributed by atoms with Gasteiger partial charge in [-0.05, 0) is 39.8 Å². The number of hydrogen-bond donors (Lipinski definition) is 1. The predicted molar refractivity (Wildman–Crippen MR) is 108 cm³/mol. The van der Waals surface area contributed by atoms with Crippen molar-refractivity contribution in [2.45, 2.75) is 45.7 Å². The van der Waals surface area contributed by atoms with Gasteiger partial charge in [-0.15, -0.1) is 0 Å². The van der Waals surface area contributed by atoms with Crippen LogP contribution in [-0.2, 0) is 4.79 Å². The Morgan fingerprint density at radius 3 is 1.72 bits per heavy atom. The smallest absolute Gasteiger partial charge is 0.131 e. The third-order valence-electron chi connectivity index (χ3n) is 5.86. The highest BCUT2D eigenvalue weighted by Crippen LogP contribution is 2.43. The minimum atomic E-state index is -1.10. The molecule has 2 aromatic carbocycles. The number of para-hydroxylation sites is 2. The highest BCUT2D eigenvalue weighted by atomic mass is 79.9. The fraction of sp³-hybridized carbons (Fsp3) is 0.435. The molecule has 0 aromatic heterocycles. The Morgan fingerprint density at radius 1 is 1.00 bits per heavy atom. The van der Waals surface area contributed by atoms with Crippen LogP contribution in [0.1, 0.15) is 44.7 Å². The highest BCUT2D eigenvalue weighted by molar-refractivity contribution is 5.82. The fourth-order valence-electron chi connectivity index (χ4n) is 3.49. The number of carboxylic acid groups (broad SMARTS) is 1. The molecule has 3 rings (SSSR count). The first-order chi connectivity index (χ1) is 13.2. The van der Waals surface area contributed by atoms with Crippen molar-refractivity contribution in [3.8, 4) is 11.5 Å². The number of rotatable bonds is 5. The van der Waals surface area contributed by atoms with Crippen LogP contribution in [0.4, 0.5) is 0 Å². The summed E-state index contributed by atoms with van der Waals surface area (Å²) in [6.45, 7) is 9.96. The summed E-state index contributed by atoms with van der Waals surface area (Å²) in [6, 6.07) is 15.4. The number of aliphatic hydroxyl groups excluding tert-OH is 1. The molecule has 6 heteroatoms. The Kier molecular flexibility index (Phi) is 9.33. The molecule has 160 valence electrons. The van der Waals surface area contributed by atoms with Crippen molar-refractivity contribution in [1.82, 2.24) is 0 Å². The van der Waals surface area contributed by atoms with E-state index in [2.05, 4.69) is 34.7 Å². The molecule has 1 aliphatic heterocycles. The van der Waals surface area contributed by atoms with Crippen LogP contribution in [0.15, 0.2) is 48.5 Å². The second-order valence-electron chi connectivity index (χ2n) is 7.91. The third kappa shape index (κ3) is 5.59. The molecule has 1 aliphatic rings. The number of nitrogens with zero attached hydrogens (tertiary/aromatic N) is 1. The van der Waals surface area contributed by atoms with Gasteiger partial charge in [0.1, 0.15) is 18.0 Å². The first kappa shape index (κ1) is 25.1. The van der Waals surface area contributed by atoms with Crippen molar-refractivity contribution in [2.24, 2.45) is 0 Å². The molecule has 0 unspecified atom stereocenters. The number of benzene rings is 2. The summed E-state index contributed by atoms with van der Waals surface area (Å²) in [5, 5.41) is 20.2. The maximum absolute atomic E-state index is 11.3. The number of quaternary nitrogens is 1. The maximum atomic E-state index is 11.3. The van der Waals surface area contributed by atoms with Gasteiger partial charge in [-0.2, -0.15) is 0 Å². The number of carboxylic acids is 1. The average Bonchev–Trinajstić information content (AvgIpc) is 2.66. The molecule has 0 radical (unpaired) electrons. The Bertz CT molecular complexity index is 753. The van der Waals surface area contributed by atoms with Crippen LogP contribution >= 0.6 is 0 Å². The molecule has 0 saturated carbocycles. The lowest BCUT2D eigenvalue weighted by Gasteiger charge is -2.42. The lowest BCUT2D eigenvalue weighted by atomic mass is 9.88. The minimum Gasteiger partial charge on any atom is -1.00 e. The molecule has 0 aliphatic carbocycles. The Balaban J connectivity index is 0.000000310. The standard InChI is InChI=1S/C14H10O3.C9H22NO.BrH/c15-14(16)13-9-5-1-3-7-11(9)17-12-8-4-2-6-10(12)13;1-8(2)10(5,6-7-11)9(3)4;/h1-8,13H,(H,15,16);8-9,11H,6-7H2,1-5H3;1H/q;+1;/p-2. The molecule has 29 heavy (non-hydrogen) atoms. The molecule has 0 spiro atoms. The van der Waals surface area contributed by atoms with Gasteiger partial charge in [-0.25, -0.2) is 0 Å². The van der Waals surface area contributed by atoms with E-state index in [0.29, 0.717) is 34.7 Å². The number of carbonyl (C=O) groups is 1. The largest absolute Gasteiger partial charge is 1.00 e. The molecule has 5 nitrogen and oxygen atoms in total. The number of hydrogen-bond acceptors (Lipinski definition) is 4. The minimum absolute atomic E-state index is 0. The number of aliphatic carboxylic acids is 1. The van der Waals surface area contributed by atoms with E-state index in [0.717, 1.165) is 11.0 Å². The first-order valence-electron chi connectivity index (χ1n) is 9.74. The number of fused-ring (bicyclic) bond motifs is 2. The van der Waals surface area contributed by atoms with E-state index >= 15 is 0 Å². The van der Waals surface area contributed by atoms with Gasteiger partial charge < -0.3 is 41.2 Å². The maximum Gasteiger partial charge on any atom is 0.131 e. The van der Waals surface area contributed by atoms with E-state index < -0.39 is 11.9 Å². The van der Waals surface area contributed by atoms with Gasteiger partial charge in [0.15, 0.2) is 0 Å². The quantitative estimate of drug-likeness (QED) is 0.628. The van der Waals surface area contributed by atoms with Gasteiger partial charge in [0, 0.05) is 11.1 Å². The molecule has 0 fully saturated rings. The lowest BCUT2D eigenvalue weighted by Crippen LogP contribution is -3.00. The van der Waals surface area contributed by atoms with Gasteiger partial charge in [-0.3, -0.25) is 0 Å². The zero-order valence-electron chi connectivity index (χ0n) is 17.8. The Hall–Kier alpha value is -1.89. The third-order valence-corrected chi connectivity index (χ3v) is 5.86. The molecule has 1 N–H and O–H groups in total. The van der Waals surface area contributed by atoms with E-state index in [-0.39, 0.29) is 23.6 Å². The average molecular weight is 465 g/mol. The normalized spacial score (nSPS) is 12.8. The fourth-order valence-corrected chi connectivity index (χ4v) is 3.49. The van der Waals surface area contributed by atoms with Crippen molar-refractivity contribution in [3.05, 3.63) is 59.7 Å². The van der Waals surface area contributed by atoms with Crippen LogP contribution in [0.2, 0.25) is 0 Å². The summed E-state index contributed by atoms with van der Waals surface area (Å²) in [4.78, 5) is 11.3. The summed E-state index contributed by atoms with van der Waals surface area (Å²) in [5.74, 6) is -0.690. The van der Waals surface area contributed by atoms with Gasteiger partial charge >= 0.3 is 0 Å². The van der Waals surface area contributed by atoms with Crippen molar-refractivity contribution in [3.63, 3.8) is 0 Å². The van der Waals surface area contributed by atoms with Gasteiger partial charge in [0.25, 0.3) is 0 Å². The number of carbonyl (C=O) groups excluding carboxylic acids is 1. The van der Waals surface area contributed by atoms with Crippen LogP contribution in [0.25, 0.3) is 0 Å². The van der Waals surface area contributed by atoms with Crippen LogP contribution in [0, 0.1) is 0 Å². The van der Waals surface area contributed by atoms with E-state index in [1.807, 2.05) is 12.1 Å². The molecular formula is C23H31BrNO4-. The summed E-state index contributed by atoms with van der Waals surface area (Å²) in [7, 11) is 2.20. The van der Waals surface area contributed by atoms with Crippen molar-refractivity contribution < 1.29 is 41.2 Å². The van der Waals surface area contributed by atoms with Crippen LogP contribution in [0.3, 0.4) is 0 Å². The predicted octanol–water partition coefficient (Wildman–Crippen LogP) is -0.0798. The monoisotopic (exact) mass is 464 g/mol. The summed E-state index contributed by atoms with van der Waals surface area (Å²) >= 11 is 0. The number of ether oxygens (including phenoxy) is 1. The first-order valence-corrected chi connectivity index (χ1v) is 9.74. The van der Waals surface area contributed by atoms with Crippen LogP contribution < -0.4 is 26.8 Å². The molecule has 0 amide bonds. The SMILES string of the molecule is CC(C)[N+](C)(CCO)C(C)C.O=C([O-])C1c2ccccc2Oc2ccccc21.[Br-]. The Labute approximate surface area is 184 Å². The van der Waals surface area contributed by atoms with E-state index in [1.165, 1.54) is 0 Å².